The smallest absolute Gasteiger partial charge is 0.219 e. The van der Waals surface area contributed by atoms with Crippen molar-refractivity contribution < 1.29 is 40.5 Å². The molecule has 108 valence electrons. The molecule has 0 aromatic carbocycles. The van der Waals surface area contributed by atoms with Gasteiger partial charge >= 0.3 is 0 Å². The molecule has 0 spiro atoms. The number of guanidine groups is 2. The van der Waals surface area contributed by atoms with E-state index in [4.69, 9.17) is 27.0 Å². The summed E-state index contributed by atoms with van der Waals surface area (Å²) >= 11 is 0. The summed E-state index contributed by atoms with van der Waals surface area (Å²) < 4.78 is 5.00. The van der Waals surface area contributed by atoms with Crippen molar-refractivity contribution in [3.63, 3.8) is 0 Å². The topological polar surface area (TPSA) is 173 Å². The molecule has 0 aromatic rings. The van der Waals surface area contributed by atoms with Gasteiger partial charge in [-0.1, -0.05) is 0 Å². The molecule has 9 N–H and O–H groups in total. The number of hydrogen-bond acceptors (Lipinski definition) is 5. The minimum atomic E-state index is -1.37. The molecule has 1 aliphatic heterocycles. The zero-order valence-corrected chi connectivity index (χ0v) is 11.0. The molecule has 0 bridgehead atoms. The Morgan fingerprint density at radius 2 is 1.89 bits per heavy atom. The van der Waals surface area contributed by atoms with Crippen molar-refractivity contribution in [1.29, 1.82) is 0 Å². The summed E-state index contributed by atoms with van der Waals surface area (Å²) in [6.07, 6.45) is -2.86. The fraction of sp³-hybridized carbons (Fsp3) is 0.750. The Hall–Kier alpha value is -0.758. The van der Waals surface area contributed by atoms with Crippen molar-refractivity contribution in [2.24, 2.45) is 27.2 Å². The van der Waals surface area contributed by atoms with E-state index in [1.807, 2.05) is 0 Å². The van der Waals surface area contributed by atoms with Gasteiger partial charge in [-0.05, 0) is 0 Å². The van der Waals surface area contributed by atoms with Crippen LogP contribution >= 0.6 is 0 Å². The molecule has 0 amide bonds. The first-order valence-corrected chi connectivity index (χ1v) is 4.99. The molecule has 10 heteroatoms. The summed E-state index contributed by atoms with van der Waals surface area (Å²) in [4.78, 5) is 7.20. The van der Waals surface area contributed by atoms with Crippen LogP contribution in [0.15, 0.2) is 9.98 Å². The number of rotatable bonds is 2. The van der Waals surface area contributed by atoms with Gasteiger partial charge in [0, 0.05) is 26.8 Å². The van der Waals surface area contributed by atoms with E-state index < -0.39 is 24.5 Å². The Bertz CT molecular complexity index is 311. The van der Waals surface area contributed by atoms with E-state index in [-0.39, 0.29) is 45.4 Å². The van der Waals surface area contributed by atoms with E-state index in [1.165, 1.54) is 0 Å². The number of nitrogens with two attached hydrogens (primary N) is 3. The minimum absolute atomic E-state index is 0. The zero-order chi connectivity index (χ0) is 13.0. The summed E-state index contributed by atoms with van der Waals surface area (Å²) in [7, 11) is 0. The molecule has 18 heavy (non-hydrogen) atoms. The average molecular weight is 354 g/mol. The van der Waals surface area contributed by atoms with E-state index in [2.05, 4.69) is 9.98 Å². The number of aliphatic hydroxyl groups excluding tert-OH is 3. The minimum Gasteiger partial charge on any atom is -0.394 e. The largest absolute Gasteiger partial charge is 0.394 e. The van der Waals surface area contributed by atoms with E-state index in [0.717, 1.165) is 0 Å². The number of aliphatic imine (C=N–C) groups is 2. The Balaban J connectivity index is 0.00000289. The predicted octanol–water partition coefficient (Wildman–Crippen LogP) is -3.60. The van der Waals surface area contributed by atoms with Gasteiger partial charge in [-0.2, -0.15) is 4.99 Å². The first-order chi connectivity index (χ1) is 7.93. The molecular weight excluding hydrogens is 337 g/mol. The van der Waals surface area contributed by atoms with Crippen LogP contribution < -0.4 is 17.2 Å². The molecule has 4 atom stereocenters. The van der Waals surface area contributed by atoms with Crippen molar-refractivity contribution in [3.8, 4) is 0 Å². The van der Waals surface area contributed by atoms with Gasteiger partial charge in [-0.3, -0.25) is 0 Å². The van der Waals surface area contributed by atoms with Crippen molar-refractivity contribution in [3.05, 3.63) is 0 Å². The number of aliphatic hydroxyl groups is 3. The second-order valence-corrected chi connectivity index (χ2v) is 3.65. The maximum absolute atomic E-state index is 9.70. The molecule has 0 aliphatic carbocycles. The number of ether oxygens (including phenoxy) is 1. The van der Waals surface area contributed by atoms with E-state index in [9.17, 15) is 10.2 Å². The summed E-state index contributed by atoms with van der Waals surface area (Å²) in [6, 6.07) is -0.985. The van der Waals surface area contributed by atoms with Gasteiger partial charge < -0.3 is 37.3 Å². The van der Waals surface area contributed by atoms with Crippen LogP contribution in [-0.2, 0) is 25.2 Å². The zero-order valence-electron chi connectivity index (χ0n) is 9.42. The first-order valence-electron chi connectivity index (χ1n) is 4.99. The molecule has 1 fully saturated rings. The number of nitrogens with zero attached hydrogens (tertiary/aromatic N) is 2. The van der Waals surface area contributed by atoms with Crippen LogP contribution in [0.1, 0.15) is 6.42 Å². The Morgan fingerprint density at radius 1 is 1.28 bits per heavy atom. The normalized spacial score (nSPS) is 32.5. The van der Waals surface area contributed by atoms with Crippen molar-refractivity contribution in [2.45, 2.75) is 31.0 Å². The SMILES string of the molecule is NC(N)=NC(N)=N[C@H]1[C@H](O)O[C@H](CO)C[C@@H]1O.[Pd]. The van der Waals surface area contributed by atoms with Crippen LogP contribution in [0.5, 0.6) is 0 Å². The van der Waals surface area contributed by atoms with Gasteiger partial charge in [0.05, 0.1) is 18.8 Å². The molecule has 0 saturated carbocycles. The summed E-state index contributed by atoms with van der Waals surface area (Å²) in [6.45, 7) is -0.298. The van der Waals surface area contributed by atoms with Crippen LogP contribution in [0.3, 0.4) is 0 Å². The Labute approximate surface area is 117 Å². The van der Waals surface area contributed by atoms with Crippen LogP contribution in [-0.4, -0.2) is 58.4 Å². The molecule has 1 aliphatic rings. The molecule has 0 aromatic heterocycles. The predicted molar refractivity (Wildman–Crippen MR) is 59.8 cm³/mol. The third-order valence-corrected chi connectivity index (χ3v) is 2.25. The van der Waals surface area contributed by atoms with Crippen LogP contribution in [0, 0.1) is 0 Å². The molecule has 0 unspecified atom stereocenters. The maximum atomic E-state index is 9.70. The molecular formula is C8H17N5O4Pd. The van der Waals surface area contributed by atoms with Gasteiger partial charge in [-0.15, -0.1) is 0 Å². The van der Waals surface area contributed by atoms with Gasteiger partial charge in [0.2, 0.25) is 5.96 Å². The number of hydrogen-bond donors (Lipinski definition) is 6. The van der Waals surface area contributed by atoms with Gasteiger partial charge in [-0.25, -0.2) is 4.99 Å². The van der Waals surface area contributed by atoms with Crippen molar-refractivity contribution >= 4 is 11.9 Å². The molecule has 1 rings (SSSR count). The van der Waals surface area contributed by atoms with E-state index in [1.54, 1.807) is 0 Å². The van der Waals surface area contributed by atoms with Crippen molar-refractivity contribution in [2.75, 3.05) is 6.61 Å². The Kier molecular flexibility index (Phi) is 7.31. The van der Waals surface area contributed by atoms with Crippen LogP contribution in [0.25, 0.3) is 0 Å². The van der Waals surface area contributed by atoms with Crippen LogP contribution in [0.2, 0.25) is 0 Å². The fourth-order valence-corrected chi connectivity index (χ4v) is 1.51. The first kappa shape index (κ1) is 17.2. The van der Waals surface area contributed by atoms with Gasteiger partial charge in [0.25, 0.3) is 0 Å². The molecule has 9 nitrogen and oxygen atoms in total. The third kappa shape index (κ3) is 4.85. The third-order valence-electron chi connectivity index (χ3n) is 2.25. The maximum Gasteiger partial charge on any atom is 0.219 e. The molecule has 1 saturated heterocycles. The Morgan fingerprint density at radius 3 is 2.33 bits per heavy atom. The standard InChI is InChI=1S/C8H17N5O4.Pd/c9-7(10)13-8(11)12-5-4(15)1-3(2-14)17-6(5)16;/h3-6,14-16H,1-2H2,(H6,9,10,11,12,13);/t3-,4-,5+,6+;/m0./s1. The summed E-state index contributed by atoms with van der Waals surface area (Å²) in [5, 5.41) is 28.1. The van der Waals surface area contributed by atoms with Crippen molar-refractivity contribution in [1.82, 2.24) is 0 Å². The molecule has 1 heterocycles. The van der Waals surface area contributed by atoms with E-state index in [0.29, 0.717) is 0 Å². The quantitative estimate of drug-likeness (QED) is 0.169. The second kappa shape index (κ2) is 7.63. The van der Waals surface area contributed by atoms with E-state index >= 15 is 0 Å². The average Bonchev–Trinajstić information content (AvgIpc) is 2.22. The molecule has 0 radical (unpaired) electrons. The monoisotopic (exact) mass is 353 g/mol. The summed E-state index contributed by atoms with van der Waals surface area (Å²) in [5.41, 5.74) is 15.6. The summed E-state index contributed by atoms with van der Waals surface area (Å²) in [5.74, 6) is -0.542. The van der Waals surface area contributed by atoms with Gasteiger partial charge in [0.15, 0.2) is 12.2 Å². The van der Waals surface area contributed by atoms with Gasteiger partial charge in [0.1, 0.15) is 6.04 Å². The fourth-order valence-electron chi connectivity index (χ4n) is 1.51. The second-order valence-electron chi connectivity index (χ2n) is 3.65. The van der Waals surface area contributed by atoms with Crippen LogP contribution in [0.4, 0.5) is 0 Å².